The lowest BCUT2D eigenvalue weighted by Gasteiger charge is -2.10. The second kappa shape index (κ2) is 9.23. The van der Waals surface area contributed by atoms with Crippen LogP contribution in [0.15, 0.2) is 0 Å². The highest BCUT2D eigenvalue weighted by molar-refractivity contribution is 7.99. The van der Waals surface area contributed by atoms with Crippen LogP contribution in [0.4, 0.5) is 0 Å². The Hall–Kier alpha value is -0.830. The van der Waals surface area contributed by atoms with Crippen LogP contribution in [0.2, 0.25) is 0 Å². The van der Waals surface area contributed by atoms with Crippen molar-refractivity contribution in [2.24, 2.45) is 5.73 Å². The van der Waals surface area contributed by atoms with Crippen molar-refractivity contribution in [1.29, 1.82) is 0 Å². The maximum Gasteiger partial charge on any atom is 0.329 e. The largest absolute Gasteiger partial charge is 0.480 e. The first-order valence-electron chi connectivity index (χ1n) is 4.97. The van der Waals surface area contributed by atoms with Crippen LogP contribution in [0.1, 0.15) is 6.42 Å². The smallest absolute Gasteiger partial charge is 0.329 e. The topological polar surface area (TPSA) is 130 Å². The molecule has 0 radical (unpaired) electrons. The molecular formula is C9H17NO6S. The van der Waals surface area contributed by atoms with Crippen molar-refractivity contribution in [2.45, 2.75) is 18.6 Å². The summed E-state index contributed by atoms with van der Waals surface area (Å²) in [6, 6.07) is -0.886. The molecule has 8 heteroatoms. The van der Waals surface area contributed by atoms with E-state index in [1.807, 2.05) is 0 Å². The van der Waals surface area contributed by atoms with Gasteiger partial charge in [-0.05, 0) is 12.2 Å². The van der Waals surface area contributed by atoms with Crippen LogP contribution in [0, 0.1) is 0 Å². The van der Waals surface area contributed by atoms with Gasteiger partial charge in [0.15, 0.2) is 0 Å². The van der Waals surface area contributed by atoms with E-state index in [-0.39, 0.29) is 6.61 Å². The Bertz CT molecular complexity index is 250. The Balaban J connectivity index is 3.42. The Morgan fingerprint density at radius 2 is 2.00 bits per heavy atom. The first-order chi connectivity index (χ1) is 7.93. The number of nitrogens with two attached hydrogens (primary N) is 1. The first-order valence-corrected chi connectivity index (χ1v) is 6.12. The second-order valence-corrected chi connectivity index (χ2v) is 4.52. The number of rotatable bonds is 10. The summed E-state index contributed by atoms with van der Waals surface area (Å²) in [4.78, 5) is 20.5. The van der Waals surface area contributed by atoms with Gasteiger partial charge in [0.05, 0.1) is 12.7 Å². The van der Waals surface area contributed by atoms with Crippen LogP contribution in [0.5, 0.6) is 0 Å². The summed E-state index contributed by atoms with van der Waals surface area (Å²) in [5.41, 5.74) is 5.28. The minimum Gasteiger partial charge on any atom is -0.480 e. The van der Waals surface area contributed by atoms with Crippen LogP contribution < -0.4 is 5.73 Å². The number of carboxylic acid groups (broad SMARTS) is 2. The molecule has 0 rings (SSSR count). The molecule has 2 atom stereocenters. The highest BCUT2D eigenvalue weighted by Crippen LogP contribution is 2.06. The molecule has 0 spiro atoms. The number of aliphatic hydroxyl groups is 1. The first kappa shape index (κ1) is 16.2. The van der Waals surface area contributed by atoms with E-state index in [0.717, 1.165) is 0 Å². The molecule has 0 saturated carbocycles. The maximum absolute atomic E-state index is 10.4. The Morgan fingerprint density at radius 3 is 2.53 bits per heavy atom. The summed E-state index contributed by atoms with van der Waals surface area (Å²) in [5, 5.41) is 26.1. The Labute approximate surface area is 103 Å². The summed E-state index contributed by atoms with van der Waals surface area (Å²) in [5.74, 6) is -1.26. The second-order valence-electron chi connectivity index (χ2n) is 3.37. The molecule has 0 heterocycles. The van der Waals surface area contributed by atoms with Gasteiger partial charge in [-0.15, -0.1) is 0 Å². The summed E-state index contributed by atoms with van der Waals surface area (Å²) in [6.07, 6.45) is -0.441. The summed E-state index contributed by atoms with van der Waals surface area (Å²) in [6.45, 7) is -0.490. The Morgan fingerprint density at radius 1 is 1.35 bits per heavy atom. The van der Waals surface area contributed by atoms with Gasteiger partial charge in [0.1, 0.15) is 12.6 Å². The standard InChI is InChI=1S/C9H17NO6S/c10-7(9(14)15)1-2-17-5-6(11)3-16-4-8(12)13/h6-7,11H,1-5,10H2,(H,12,13)(H,14,15). The molecular weight excluding hydrogens is 250 g/mol. The van der Waals surface area contributed by atoms with Crippen molar-refractivity contribution < 1.29 is 29.6 Å². The average molecular weight is 267 g/mol. The van der Waals surface area contributed by atoms with Gasteiger partial charge in [-0.2, -0.15) is 11.8 Å². The lowest BCUT2D eigenvalue weighted by molar-refractivity contribution is -0.143. The van der Waals surface area contributed by atoms with Gasteiger partial charge < -0.3 is 25.8 Å². The minimum atomic E-state index is -1.09. The predicted molar refractivity (Wildman–Crippen MR) is 62.0 cm³/mol. The quantitative estimate of drug-likeness (QED) is 0.370. The fourth-order valence-electron chi connectivity index (χ4n) is 0.884. The number of aliphatic carboxylic acids is 2. The average Bonchev–Trinajstić information content (AvgIpc) is 2.23. The van der Waals surface area contributed by atoms with E-state index in [0.29, 0.717) is 17.9 Å². The zero-order chi connectivity index (χ0) is 13.3. The Kier molecular flexibility index (Phi) is 8.78. The molecule has 0 aromatic carbocycles. The molecule has 2 unspecified atom stereocenters. The molecule has 0 bridgehead atoms. The van der Waals surface area contributed by atoms with Crippen molar-refractivity contribution in [3.8, 4) is 0 Å². The summed E-state index contributed by atoms with van der Waals surface area (Å²) in [7, 11) is 0. The molecule has 5 N–H and O–H groups in total. The molecule has 0 aromatic heterocycles. The van der Waals surface area contributed by atoms with E-state index in [9.17, 15) is 14.7 Å². The van der Waals surface area contributed by atoms with Crippen LogP contribution in [0.25, 0.3) is 0 Å². The van der Waals surface area contributed by atoms with Gasteiger partial charge in [-0.3, -0.25) is 4.79 Å². The number of thioether (sulfide) groups is 1. The zero-order valence-corrected chi connectivity index (χ0v) is 10.1. The van der Waals surface area contributed by atoms with Gasteiger partial charge in [0, 0.05) is 5.75 Å². The number of hydrogen-bond acceptors (Lipinski definition) is 6. The fourth-order valence-corrected chi connectivity index (χ4v) is 1.84. The fraction of sp³-hybridized carbons (Fsp3) is 0.778. The highest BCUT2D eigenvalue weighted by Gasteiger charge is 2.11. The van der Waals surface area contributed by atoms with Gasteiger partial charge in [0.2, 0.25) is 0 Å². The summed E-state index contributed by atoms with van der Waals surface area (Å²) >= 11 is 1.35. The van der Waals surface area contributed by atoms with E-state index >= 15 is 0 Å². The zero-order valence-electron chi connectivity index (χ0n) is 9.24. The van der Waals surface area contributed by atoms with Gasteiger partial charge in [-0.25, -0.2) is 4.79 Å². The van der Waals surface area contributed by atoms with Crippen LogP contribution in [0.3, 0.4) is 0 Å². The monoisotopic (exact) mass is 267 g/mol. The highest BCUT2D eigenvalue weighted by atomic mass is 32.2. The number of hydrogen-bond donors (Lipinski definition) is 4. The molecule has 0 aliphatic carbocycles. The van der Waals surface area contributed by atoms with E-state index in [1.54, 1.807) is 0 Å². The van der Waals surface area contributed by atoms with Crippen molar-refractivity contribution in [3.05, 3.63) is 0 Å². The predicted octanol–water partition coefficient (Wildman–Crippen LogP) is -1.02. The van der Waals surface area contributed by atoms with Crippen molar-refractivity contribution in [3.63, 3.8) is 0 Å². The molecule has 0 aliphatic heterocycles. The van der Waals surface area contributed by atoms with Gasteiger partial charge in [-0.1, -0.05) is 0 Å². The molecule has 100 valence electrons. The molecule has 0 aliphatic rings. The van der Waals surface area contributed by atoms with E-state index in [1.165, 1.54) is 11.8 Å². The van der Waals surface area contributed by atoms with Crippen LogP contribution in [-0.4, -0.2) is 64.1 Å². The number of ether oxygens (including phenoxy) is 1. The lowest BCUT2D eigenvalue weighted by atomic mass is 10.2. The molecule has 7 nitrogen and oxygen atoms in total. The molecule has 0 aromatic rings. The van der Waals surface area contributed by atoms with Gasteiger partial charge >= 0.3 is 11.9 Å². The van der Waals surface area contributed by atoms with E-state index < -0.39 is 30.7 Å². The van der Waals surface area contributed by atoms with Crippen molar-refractivity contribution >= 4 is 23.7 Å². The van der Waals surface area contributed by atoms with E-state index in [4.69, 9.17) is 20.7 Å². The third kappa shape index (κ3) is 10.1. The van der Waals surface area contributed by atoms with Gasteiger partial charge in [0.25, 0.3) is 0 Å². The lowest BCUT2D eigenvalue weighted by Crippen LogP contribution is -2.30. The third-order valence-electron chi connectivity index (χ3n) is 1.74. The normalized spacial score (nSPS) is 14.2. The van der Waals surface area contributed by atoms with Crippen LogP contribution in [-0.2, 0) is 14.3 Å². The molecule has 0 saturated heterocycles. The molecule has 0 fully saturated rings. The SMILES string of the molecule is NC(CCSCC(O)COCC(=O)O)C(=O)O. The minimum absolute atomic E-state index is 0.0513. The van der Waals surface area contributed by atoms with Crippen molar-refractivity contribution in [2.75, 3.05) is 24.7 Å². The van der Waals surface area contributed by atoms with Crippen LogP contribution >= 0.6 is 11.8 Å². The third-order valence-corrected chi connectivity index (χ3v) is 2.88. The number of carbonyl (C=O) groups is 2. The van der Waals surface area contributed by atoms with E-state index in [2.05, 4.69) is 0 Å². The molecule has 0 amide bonds. The molecule has 17 heavy (non-hydrogen) atoms. The number of aliphatic hydroxyl groups excluding tert-OH is 1. The summed E-state index contributed by atoms with van der Waals surface area (Å²) < 4.78 is 4.69. The number of carboxylic acids is 2. The van der Waals surface area contributed by atoms with Crippen molar-refractivity contribution in [1.82, 2.24) is 0 Å². The maximum atomic E-state index is 10.4.